The van der Waals surface area contributed by atoms with Gasteiger partial charge in [-0.2, -0.15) is 0 Å². The van der Waals surface area contributed by atoms with Crippen molar-refractivity contribution in [2.24, 2.45) is 0 Å². The van der Waals surface area contributed by atoms with Crippen LogP contribution in [-0.2, 0) is 17.6 Å². The van der Waals surface area contributed by atoms with Crippen molar-refractivity contribution in [2.45, 2.75) is 19.8 Å². The fourth-order valence-corrected chi connectivity index (χ4v) is 2.83. The lowest BCUT2D eigenvalue weighted by Crippen LogP contribution is -2.00. The Balaban J connectivity index is 2.27. The molecule has 0 unspecified atom stereocenters. The van der Waals surface area contributed by atoms with Gasteiger partial charge in [0.2, 0.25) is 0 Å². The maximum absolute atomic E-state index is 13.1. The van der Waals surface area contributed by atoms with E-state index in [0.29, 0.717) is 0 Å². The summed E-state index contributed by atoms with van der Waals surface area (Å²) in [6.45, 7) is 2.06. The molecule has 0 atom stereocenters. The lowest BCUT2D eigenvalue weighted by molar-refractivity contribution is -0.136. The molecule has 22 heavy (non-hydrogen) atoms. The monoisotopic (exact) mass is 297 g/mol. The fourth-order valence-electron chi connectivity index (χ4n) is 2.83. The van der Waals surface area contributed by atoms with Gasteiger partial charge in [0.05, 0.1) is 12.1 Å². The number of aromatic amines is 1. The van der Waals surface area contributed by atoms with Crippen molar-refractivity contribution in [3.05, 3.63) is 59.4 Å². The maximum Gasteiger partial charge on any atom is 0.307 e. The molecule has 0 saturated carbocycles. The van der Waals surface area contributed by atoms with Crippen LogP contribution in [0.4, 0.5) is 4.39 Å². The number of carboxylic acid groups (broad SMARTS) is 1. The molecule has 3 nitrogen and oxygen atoms in total. The number of nitrogens with one attached hydrogen (secondary N) is 1. The minimum absolute atomic E-state index is 0.0696. The van der Waals surface area contributed by atoms with E-state index in [1.165, 1.54) is 12.1 Å². The highest BCUT2D eigenvalue weighted by atomic mass is 19.1. The number of carbonyl (C=O) groups is 1. The molecule has 0 spiro atoms. The molecule has 112 valence electrons. The van der Waals surface area contributed by atoms with Gasteiger partial charge in [0.15, 0.2) is 0 Å². The molecule has 3 aromatic rings. The summed E-state index contributed by atoms with van der Waals surface area (Å²) < 4.78 is 13.1. The van der Waals surface area contributed by atoms with Crippen LogP contribution in [-0.4, -0.2) is 16.1 Å². The van der Waals surface area contributed by atoms with E-state index >= 15 is 0 Å². The van der Waals surface area contributed by atoms with Crippen molar-refractivity contribution >= 4 is 16.9 Å². The SMILES string of the molecule is CCc1cccc2c(CC(=O)O)c(-c3ccc(F)cc3)[nH]c12. The Morgan fingerprint density at radius 2 is 1.91 bits per heavy atom. The van der Waals surface area contributed by atoms with Crippen LogP contribution in [0.5, 0.6) is 0 Å². The van der Waals surface area contributed by atoms with Gasteiger partial charge < -0.3 is 10.1 Å². The van der Waals surface area contributed by atoms with Gasteiger partial charge in [-0.3, -0.25) is 4.79 Å². The molecule has 0 saturated heterocycles. The summed E-state index contributed by atoms with van der Waals surface area (Å²) in [5.74, 6) is -1.19. The molecule has 0 amide bonds. The van der Waals surface area contributed by atoms with Crippen molar-refractivity contribution in [3.8, 4) is 11.3 Å². The number of halogens is 1. The molecule has 4 heteroatoms. The summed E-state index contributed by atoms with van der Waals surface area (Å²) in [6.07, 6.45) is 0.785. The Kier molecular flexibility index (Phi) is 3.67. The molecular weight excluding hydrogens is 281 g/mol. The van der Waals surface area contributed by atoms with Gasteiger partial charge in [0.1, 0.15) is 5.82 Å². The Hall–Kier alpha value is -2.62. The highest BCUT2D eigenvalue weighted by Gasteiger charge is 2.17. The molecule has 0 bridgehead atoms. The smallest absolute Gasteiger partial charge is 0.307 e. The van der Waals surface area contributed by atoms with Crippen molar-refractivity contribution in [1.82, 2.24) is 4.98 Å². The number of hydrogen-bond donors (Lipinski definition) is 2. The van der Waals surface area contributed by atoms with E-state index in [0.717, 1.165) is 39.7 Å². The van der Waals surface area contributed by atoms with Gasteiger partial charge in [-0.1, -0.05) is 25.1 Å². The van der Waals surface area contributed by atoms with Crippen LogP contribution in [0, 0.1) is 5.82 Å². The van der Waals surface area contributed by atoms with Crippen LogP contribution in [0.3, 0.4) is 0 Å². The average Bonchev–Trinajstić information content (AvgIpc) is 2.86. The average molecular weight is 297 g/mol. The van der Waals surface area contributed by atoms with Crippen LogP contribution < -0.4 is 0 Å². The topological polar surface area (TPSA) is 53.1 Å². The van der Waals surface area contributed by atoms with Gasteiger partial charge in [0.25, 0.3) is 0 Å². The third kappa shape index (κ3) is 2.48. The number of aryl methyl sites for hydroxylation is 1. The van der Waals surface area contributed by atoms with E-state index in [1.807, 2.05) is 18.2 Å². The number of fused-ring (bicyclic) bond motifs is 1. The number of hydrogen-bond acceptors (Lipinski definition) is 1. The number of benzene rings is 2. The van der Waals surface area contributed by atoms with E-state index in [1.54, 1.807) is 12.1 Å². The molecule has 2 aromatic carbocycles. The highest BCUT2D eigenvalue weighted by Crippen LogP contribution is 2.32. The molecule has 0 fully saturated rings. The largest absolute Gasteiger partial charge is 0.481 e. The number of para-hydroxylation sites is 1. The Bertz CT molecular complexity index is 834. The molecule has 0 aliphatic heterocycles. The first kappa shape index (κ1) is 14.3. The summed E-state index contributed by atoms with van der Waals surface area (Å²) in [6, 6.07) is 12.0. The van der Waals surface area contributed by atoms with Gasteiger partial charge in [-0.05, 0) is 47.4 Å². The maximum atomic E-state index is 13.1. The zero-order valence-electron chi connectivity index (χ0n) is 12.2. The van der Waals surface area contributed by atoms with E-state index in [-0.39, 0.29) is 12.2 Å². The quantitative estimate of drug-likeness (QED) is 0.759. The first-order valence-electron chi connectivity index (χ1n) is 7.20. The summed E-state index contributed by atoms with van der Waals surface area (Å²) in [4.78, 5) is 14.6. The zero-order chi connectivity index (χ0) is 15.7. The minimum Gasteiger partial charge on any atom is -0.481 e. The van der Waals surface area contributed by atoms with Crippen molar-refractivity contribution < 1.29 is 14.3 Å². The number of aliphatic carboxylic acids is 1. The van der Waals surface area contributed by atoms with Gasteiger partial charge in [-0.25, -0.2) is 4.39 Å². The molecule has 1 heterocycles. The summed E-state index contributed by atoms with van der Waals surface area (Å²) in [7, 11) is 0. The molecule has 2 N–H and O–H groups in total. The van der Waals surface area contributed by atoms with E-state index < -0.39 is 5.97 Å². The number of rotatable bonds is 4. The van der Waals surface area contributed by atoms with E-state index in [4.69, 9.17) is 0 Å². The van der Waals surface area contributed by atoms with Crippen LogP contribution in [0.15, 0.2) is 42.5 Å². The standard InChI is InChI=1S/C18H16FNO2/c1-2-11-4-3-5-14-15(10-16(21)22)18(20-17(11)14)12-6-8-13(19)9-7-12/h3-9,20H,2,10H2,1H3,(H,21,22). The molecule has 1 aromatic heterocycles. The van der Waals surface area contributed by atoms with E-state index in [2.05, 4.69) is 11.9 Å². The van der Waals surface area contributed by atoms with Crippen molar-refractivity contribution in [2.75, 3.05) is 0 Å². The third-order valence-electron chi connectivity index (χ3n) is 3.87. The van der Waals surface area contributed by atoms with Crippen molar-refractivity contribution in [3.63, 3.8) is 0 Å². The summed E-state index contributed by atoms with van der Waals surface area (Å²) in [5, 5.41) is 10.1. The summed E-state index contributed by atoms with van der Waals surface area (Å²) >= 11 is 0. The minimum atomic E-state index is -0.883. The number of H-pyrrole nitrogens is 1. The molecule has 0 aliphatic rings. The lowest BCUT2D eigenvalue weighted by Gasteiger charge is -2.03. The molecular formula is C18H16FNO2. The van der Waals surface area contributed by atoms with Gasteiger partial charge in [-0.15, -0.1) is 0 Å². The second kappa shape index (κ2) is 5.64. The normalized spacial score (nSPS) is 11.0. The third-order valence-corrected chi connectivity index (χ3v) is 3.87. The second-order valence-electron chi connectivity index (χ2n) is 5.25. The number of aromatic nitrogens is 1. The fraction of sp³-hybridized carbons (Fsp3) is 0.167. The Morgan fingerprint density at radius 3 is 2.55 bits per heavy atom. The first-order chi connectivity index (χ1) is 10.6. The number of carboxylic acids is 1. The van der Waals surface area contributed by atoms with Gasteiger partial charge in [0, 0.05) is 10.9 Å². The zero-order valence-corrected chi connectivity index (χ0v) is 12.2. The predicted molar refractivity (Wildman–Crippen MR) is 84.4 cm³/mol. The van der Waals surface area contributed by atoms with Crippen LogP contribution in [0.2, 0.25) is 0 Å². The Labute approximate surface area is 127 Å². The van der Waals surface area contributed by atoms with Gasteiger partial charge >= 0.3 is 5.97 Å². The van der Waals surface area contributed by atoms with Crippen molar-refractivity contribution in [1.29, 1.82) is 0 Å². The highest BCUT2D eigenvalue weighted by molar-refractivity contribution is 5.95. The Morgan fingerprint density at radius 1 is 1.18 bits per heavy atom. The molecule has 0 aliphatic carbocycles. The molecule has 3 rings (SSSR count). The van der Waals surface area contributed by atoms with E-state index in [9.17, 15) is 14.3 Å². The first-order valence-corrected chi connectivity index (χ1v) is 7.20. The lowest BCUT2D eigenvalue weighted by atomic mass is 10.0. The predicted octanol–water partition coefficient (Wildman–Crippen LogP) is 4.16. The second-order valence-corrected chi connectivity index (χ2v) is 5.25. The van der Waals surface area contributed by atoms with Crippen LogP contribution in [0.1, 0.15) is 18.1 Å². The van der Waals surface area contributed by atoms with Crippen LogP contribution >= 0.6 is 0 Å². The molecule has 0 radical (unpaired) electrons. The summed E-state index contributed by atoms with van der Waals surface area (Å²) in [5.41, 5.74) is 4.37. The van der Waals surface area contributed by atoms with Crippen LogP contribution in [0.25, 0.3) is 22.2 Å².